The van der Waals surface area contributed by atoms with Crippen LogP contribution in [0.3, 0.4) is 0 Å². The number of nitrogens with one attached hydrogen (secondary N) is 1. The fraction of sp³-hybridized carbons (Fsp3) is 0.688. The fourth-order valence-electron chi connectivity index (χ4n) is 3.02. The van der Waals surface area contributed by atoms with E-state index in [4.69, 9.17) is 0 Å². The predicted molar refractivity (Wildman–Crippen MR) is 90.1 cm³/mol. The summed E-state index contributed by atoms with van der Waals surface area (Å²) in [7, 11) is 1.94. The minimum Gasteiger partial charge on any atom is -0.340 e. The zero-order valence-electron chi connectivity index (χ0n) is 13.3. The highest BCUT2D eigenvalue weighted by Crippen LogP contribution is 2.22. The number of hydrogen-bond acceptors (Lipinski definition) is 3. The number of carbonyl (C=O) groups is 1. The van der Waals surface area contributed by atoms with E-state index in [9.17, 15) is 4.79 Å². The van der Waals surface area contributed by atoms with E-state index in [-0.39, 0.29) is 5.91 Å². The molecule has 21 heavy (non-hydrogen) atoms. The molecule has 1 fully saturated rings. The van der Waals surface area contributed by atoms with E-state index in [0.29, 0.717) is 12.1 Å². The van der Waals surface area contributed by atoms with Crippen LogP contribution in [0.5, 0.6) is 0 Å². The van der Waals surface area contributed by atoms with Gasteiger partial charge in [0.1, 0.15) is 5.69 Å². The first-order valence-corrected chi connectivity index (χ1v) is 9.22. The Kier molecular flexibility index (Phi) is 6.18. The molecule has 0 saturated carbocycles. The van der Waals surface area contributed by atoms with Gasteiger partial charge in [0.25, 0.3) is 5.91 Å². The van der Waals surface area contributed by atoms with Gasteiger partial charge in [0, 0.05) is 31.1 Å². The number of hydrogen-bond donors (Lipinski definition) is 1. The van der Waals surface area contributed by atoms with Crippen molar-refractivity contribution in [1.82, 2.24) is 14.8 Å². The molecule has 1 aromatic rings. The lowest BCUT2D eigenvalue weighted by atomic mass is 10.1. The van der Waals surface area contributed by atoms with Crippen LogP contribution in [0.2, 0.25) is 0 Å². The largest absolute Gasteiger partial charge is 0.340 e. The van der Waals surface area contributed by atoms with Gasteiger partial charge in [-0.1, -0.05) is 6.92 Å². The van der Waals surface area contributed by atoms with E-state index in [1.807, 2.05) is 24.1 Å². The highest BCUT2D eigenvalue weighted by atomic mass is 32.2. The van der Waals surface area contributed by atoms with Crippen molar-refractivity contribution in [2.24, 2.45) is 0 Å². The molecule has 0 bridgehead atoms. The summed E-state index contributed by atoms with van der Waals surface area (Å²) in [6.45, 7) is 4.23. The minimum absolute atomic E-state index is 0.152. The molecule has 118 valence electrons. The summed E-state index contributed by atoms with van der Waals surface area (Å²) in [4.78, 5) is 14.7. The maximum absolute atomic E-state index is 12.8. The highest BCUT2D eigenvalue weighted by molar-refractivity contribution is 7.98. The maximum Gasteiger partial charge on any atom is 0.270 e. The molecule has 1 aliphatic rings. The van der Waals surface area contributed by atoms with Crippen LogP contribution in [0.25, 0.3) is 0 Å². The van der Waals surface area contributed by atoms with Crippen molar-refractivity contribution in [3.05, 3.63) is 24.0 Å². The van der Waals surface area contributed by atoms with Crippen molar-refractivity contribution in [1.29, 1.82) is 0 Å². The first-order chi connectivity index (χ1) is 10.2. The Bertz CT molecular complexity index is 454. The van der Waals surface area contributed by atoms with Gasteiger partial charge in [0.15, 0.2) is 0 Å². The number of nitrogens with zero attached hydrogens (tertiary/aromatic N) is 2. The third-order valence-electron chi connectivity index (χ3n) is 4.40. The molecule has 1 saturated heterocycles. The van der Waals surface area contributed by atoms with Gasteiger partial charge in [-0.05, 0) is 50.7 Å². The summed E-state index contributed by atoms with van der Waals surface area (Å²) in [5, 5.41) is 3.38. The van der Waals surface area contributed by atoms with Crippen LogP contribution in [0.4, 0.5) is 0 Å². The average molecular weight is 309 g/mol. The molecule has 0 spiro atoms. The van der Waals surface area contributed by atoms with Crippen LogP contribution >= 0.6 is 11.8 Å². The quantitative estimate of drug-likeness (QED) is 0.878. The van der Waals surface area contributed by atoms with E-state index >= 15 is 0 Å². The summed E-state index contributed by atoms with van der Waals surface area (Å²) in [5.41, 5.74) is 0.837. The molecule has 1 N–H and O–H groups in total. The number of rotatable bonds is 6. The summed E-state index contributed by atoms with van der Waals surface area (Å²) >= 11 is 1.80. The van der Waals surface area contributed by atoms with Crippen LogP contribution in [0.1, 0.15) is 42.7 Å². The van der Waals surface area contributed by atoms with Crippen molar-refractivity contribution in [3.63, 3.8) is 0 Å². The molecule has 2 rings (SSSR count). The number of carbonyl (C=O) groups excluding carboxylic acids is 1. The standard InChI is InChI=1S/C16H27N3OS/c1-4-13(12-21-3)18(2)16(20)15-6-5-11-19(15)14-7-9-17-10-8-14/h5-6,11,13-14,17H,4,7-10,12H2,1-3H3. The molecule has 5 heteroatoms. The molecule has 1 aliphatic heterocycles. The SMILES string of the molecule is CCC(CSC)N(C)C(=O)c1cccn1C1CCNCC1. The van der Waals surface area contributed by atoms with Crippen LogP contribution < -0.4 is 5.32 Å². The summed E-state index contributed by atoms with van der Waals surface area (Å²) in [6.07, 6.45) is 7.35. The van der Waals surface area contributed by atoms with Crippen LogP contribution in [-0.4, -0.2) is 53.6 Å². The topological polar surface area (TPSA) is 37.3 Å². The molecule has 1 atom stereocenters. The summed E-state index contributed by atoms with van der Waals surface area (Å²) in [6, 6.07) is 4.73. The molecule has 0 radical (unpaired) electrons. The maximum atomic E-state index is 12.8. The first-order valence-electron chi connectivity index (χ1n) is 7.82. The summed E-state index contributed by atoms with van der Waals surface area (Å²) in [5.74, 6) is 1.15. The molecular weight excluding hydrogens is 282 g/mol. The Morgan fingerprint density at radius 3 is 2.86 bits per heavy atom. The van der Waals surface area contributed by atoms with Crippen LogP contribution in [-0.2, 0) is 0 Å². The Labute approximate surface area is 132 Å². The second kappa shape index (κ2) is 7.90. The Morgan fingerprint density at radius 1 is 1.52 bits per heavy atom. The lowest BCUT2D eigenvalue weighted by Crippen LogP contribution is -2.40. The molecule has 2 heterocycles. The Hall–Kier alpha value is -0.940. The van der Waals surface area contributed by atoms with E-state index in [0.717, 1.165) is 43.8 Å². The molecule has 1 aromatic heterocycles. The lowest BCUT2D eigenvalue weighted by Gasteiger charge is -2.30. The van der Waals surface area contributed by atoms with E-state index in [2.05, 4.69) is 29.3 Å². The van der Waals surface area contributed by atoms with Crippen LogP contribution in [0, 0.1) is 0 Å². The zero-order chi connectivity index (χ0) is 15.2. The van der Waals surface area contributed by atoms with Gasteiger partial charge >= 0.3 is 0 Å². The van der Waals surface area contributed by atoms with Gasteiger partial charge in [-0.3, -0.25) is 4.79 Å². The second-order valence-electron chi connectivity index (χ2n) is 5.72. The normalized spacial score (nSPS) is 17.7. The Morgan fingerprint density at radius 2 is 2.24 bits per heavy atom. The van der Waals surface area contributed by atoms with Crippen LogP contribution in [0.15, 0.2) is 18.3 Å². The highest BCUT2D eigenvalue weighted by Gasteiger charge is 2.24. The second-order valence-corrected chi connectivity index (χ2v) is 6.63. The molecular formula is C16H27N3OS. The third kappa shape index (κ3) is 3.83. The molecule has 1 amide bonds. The summed E-state index contributed by atoms with van der Waals surface area (Å²) < 4.78 is 2.19. The monoisotopic (exact) mass is 309 g/mol. The molecule has 0 aromatic carbocycles. The Balaban J connectivity index is 2.13. The number of piperidine rings is 1. The predicted octanol–water partition coefficient (Wildman–Crippen LogP) is 2.63. The fourth-order valence-corrected chi connectivity index (χ4v) is 3.86. The average Bonchev–Trinajstić information content (AvgIpc) is 3.01. The van der Waals surface area contributed by atoms with Gasteiger partial charge in [-0.15, -0.1) is 0 Å². The number of aromatic nitrogens is 1. The van der Waals surface area contributed by atoms with Gasteiger partial charge in [0.05, 0.1) is 0 Å². The number of amides is 1. The van der Waals surface area contributed by atoms with Gasteiger partial charge < -0.3 is 14.8 Å². The molecule has 0 aliphatic carbocycles. The lowest BCUT2D eigenvalue weighted by molar-refractivity contribution is 0.0729. The van der Waals surface area contributed by atoms with Crippen molar-refractivity contribution in [3.8, 4) is 0 Å². The van der Waals surface area contributed by atoms with Crippen molar-refractivity contribution in [2.45, 2.75) is 38.3 Å². The van der Waals surface area contributed by atoms with E-state index < -0.39 is 0 Å². The molecule has 1 unspecified atom stereocenters. The van der Waals surface area contributed by atoms with Crippen molar-refractivity contribution in [2.75, 3.05) is 32.1 Å². The molecule has 4 nitrogen and oxygen atoms in total. The van der Waals surface area contributed by atoms with E-state index in [1.165, 1.54) is 0 Å². The number of thioether (sulfide) groups is 1. The first kappa shape index (κ1) is 16.4. The van der Waals surface area contributed by atoms with E-state index in [1.54, 1.807) is 11.8 Å². The minimum atomic E-state index is 0.152. The van der Waals surface area contributed by atoms with Crippen molar-refractivity contribution < 1.29 is 4.79 Å². The third-order valence-corrected chi connectivity index (χ3v) is 5.12. The van der Waals surface area contributed by atoms with Gasteiger partial charge in [-0.25, -0.2) is 0 Å². The van der Waals surface area contributed by atoms with Crippen molar-refractivity contribution >= 4 is 17.7 Å². The van der Waals surface area contributed by atoms with Gasteiger partial charge in [-0.2, -0.15) is 11.8 Å². The smallest absolute Gasteiger partial charge is 0.270 e. The zero-order valence-corrected chi connectivity index (χ0v) is 14.2. The van der Waals surface area contributed by atoms with Gasteiger partial charge in [0.2, 0.25) is 0 Å².